The molecule has 396 valence electrons. The summed E-state index contributed by atoms with van der Waals surface area (Å²) in [5.74, 6) is -3.83. The van der Waals surface area contributed by atoms with Crippen LogP contribution in [0.25, 0.3) is 10.4 Å². The van der Waals surface area contributed by atoms with Crippen LogP contribution >= 0.6 is 0 Å². The number of azide groups is 1. The topological polar surface area (TPSA) is 198 Å². The second kappa shape index (κ2) is 21.9. The van der Waals surface area contributed by atoms with Gasteiger partial charge in [0.05, 0.1) is 76.7 Å². The number of hydrogen-bond donors (Lipinski definition) is 1. The minimum Gasteiger partial charge on any atom is -0.374 e. The van der Waals surface area contributed by atoms with Crippen molar-refractivity contribution in [1.82, 2.24) is 0 Å². The van der Waals surface area contributed by atoms with Crippen molar-refractivity contribution in [3.05, 3.63) is 154 Å². The highest BCUT2D eigenvalue weighted by atomic mass is 16.8. The molecule has 4 aromatic carbocycles. The summed E-state index contributed by atoms with van der Waals surface area (Å²) in [6.07, 6.45) is -10.5. The maximum atomic E-state index is 12.6. The molecule has 19 atom stereocenters. The molecule has 7 fully saturated rings. The fraction of sp³-hybridized carbons (Fsp3) is 0.571. The van der Waals surface area contributed by atoms with Crippen molar-refractivity contribution >= 4 is 0 Å². The van der Waals surface area contributed by atoms with Crippen molar-refractivity contribution in [2.45, 2.75) is 164 Å². The monoisotopic (exact) mass is 1020 g/mol. The largest absolute Gasteiger partial charge is 0.374 e. The van der Waals surface area contributed by atoms with Crippen LogP contribution in [0.5, 0.6) is 0 Å². The average molecular weight is 1020 g/mol. The van der Waals surface area contributed by atoms with E-state index in [1.165, 1.54) is 0 Å². The third-order valence-corrected chi connectivity index (χ3v) is 15.4. The van der Waals surface area contributed by atoms with E-state index in [0.29, 0.717) is 19.8 Å². The van der Waals surface area contributed by atoms with Gasteiger partial charge >= 0.3 is 0 Å². The van der Waals surface area contributed by atoms with Gasteiger partial charge in [0.15, 0.2) is 24.7 Å². The van der Waals surface area contributed by atoms with Gasteiger partial charge in [-0.3, -0.25) is 0 Å². The standard InChI is InChI=1S/C56H67N3O15/c1-33-42(58-59-57)40(29-61-26-36-18-10-6-11-19-36)67-48-44(33)73-56(48,60)49-47-46(71-54(4,5)72-47)45(35(3)66-49)69-51-34(2)43(41(30-64-51)63-28-38-22-14-8-15-23-38)68-53-50-55(32-65-53,31-62-27-37-20-12-7-13-21-37)74-52(70-50)39-24-16-9-17-25-39/h6-25,33-35,40-53,60H,26-32H2,1-5H3/t33?,34?,35?,40?,41-,42+,43?,44?,45-,46?,47?,48?,49+,50-,51-,52-,53+,55?,56+/m0/s1. The molecule has 18 heteroatoms. The number of benzene rings is 4. The van der Waals surface area contributed by atoms with Crippen LogP contribution in [0.2, 0.25) is 0 Å². The van der Waals surface area contributed by atoms with Gasteiger partial charge in [0.25, 0.3) is 0 Å². The summed E-state index contributed by atoms with van der Waals surface area (Å²) in [5.41, 5.74) is 12.5. The Hall–Kier alpha value is -4.41. The van der Waals surface area contributed by atoms with E-state index in [0.717, 1.165) is 22.3 Å². The van der Waals surface area contributed by atoms with Gasteiger partial charge in [-0.15, -0.1) is 0 Å². The van der Waals surface area contributed by atoms with Gasteiger partial charge in [-0.1, -0.05) is 140 Å². The zero-order chi connectivity index (χ0) is 51.0. The van der Waals surface area contributed by atoms with Crippen LogP contribution in [0.4, 0.5) is 0 Å². The van der Waals surface area contributed by atoms with Crippen LogP contribution in [0.3, 0.4) is 0 Å². The smallest absolute Gasteiger partial charge is 0.225 e. The van der Waals surface area contributed by atoms with Crippen LogP contribution in [0, 0.1) is 11.8 Å². The summed E-state index contributed by atoms with van der Waals surface area (Å²) in [6, 6.07) is 38.9. The fourth-order valence-electron chi connectivity index (χ4n) is 11.6. The number of hydrogen-bond acceptors (Lipinski definition) is 16. The molecule has 7 heterocycles. The van der Waals surface area contributed by atoms with Crippen LogP contribution in [-0.4, -0.2) is 134 Å². The molecule has 18 nitrogen and oxygen atoms in total. The van der Waals surface area contributed by atoms with Gasteiger partial charge in [-0.2, -0.15) is 0 Å². The number of aliphatic hydroxyl groups is 1. The molecule has 7 aliphatic rings. The Balaban J connectivity index is 0.810. The molecule has 10 unspecified atom stereocenters. The molecule has 4 aromatic rings. The van der Waals surface area contributed by atoms with Gasteiger partial charge in [0.2, 0.25) is 5.79 Å². The number of fused-ring (bicyclic) bond motifs is 3. The molecular formula is C56H67N3O15. The summed E-state index contributed by atoms with van der Waals surface area (Å²) < 4.78 is 92.7. The number of nitrogens with zero attached hydrogens (tertiary/aromatic N) is 3. The van der Waals surface area contributed by atoms with E-state index in [1.807, 2.05) is 156 Å². The molecule has 0 amide bonds. The van der Waals surface area contributed by atoms with E-state index in [4.69, 9.17) is 66.3 Å². The van der Waals surface area contributed by atoms with Crippen molar-refractivity contribution < 1.29 is 71.4 Å². The highest BCUT2D eigenvalue weighted by Gasteiger charge is 2.72. The molecule has 0 radical (unpaired) electrons. The van der Waals surface area contributed by atoms with Gasteiger partial charge in [-0.05, 0) is 48.9 Å². The summed E-state index contributed by atoms with van der Waals surface area (Å²) >= 11 is 0. The van der Waals surface area contributed by atoms with E-state index in [2.05, 4.69) is 10.0 Å². The third-order valence-electron chi connectivity index (χ3n) is 15.4. The van der Waals surface area contributed by atoms with Crippen LogP contribution in [0.1, 0.15) is 63.2 Å². The van der Waals surface area contributed by atoms with Crippen molar-refractivity contribution in [3.8, 4) is 0 Å². The Kier molecular flexibility index (Phi) is 15.3. The zero-order valence-electron chi connectivity index (χ0n) is 42.3. The van der Waals surface area contributed by atoms with Crippen molar-refractivity contribution in [1.29, 1.82) is 0 Å². The Morgan fingerprint density at radius 3 is 1.92 bits per heavy atom. The van der Waals surface area contributed by atoms with Crippen molar-refractivity contribution in [3.63, 3.8) is 0 Å². The van der Waals surface area contributed by atoms with Crippen LogP contribution in [-0.2, 0) is 86.1 Å². The van der Waals surface area contributed by atoms with Crippen LogP contribution in [0.15, 0.2) is 126 Å². The Morgan fingerprint density at radius 2 is 1.24 bits per heavy atom. The van der Waals surface area contributed by atoms with Crippen LogP contribution < -0.4 is 0 Å². The lowest BCUT2D eigenvalue weighted by Gasteiger charge is -2.61. The first-order chi connectivity index (χ1) is 35.9. The quantitative estimate of drug-likeness (QED) is 0.0585. The average Bonchev–Trinajstić information content (AvgIpc) is 4.08. The minimum atomic E-state index is -1.96. The van der Waals surface area contributed by atoms with E-state index in [9.17, 15) is 10.6 Å². The van der Waals surface area contributed by atoms with E-state index in [1.54, 1.807) is 0 Å². The first-order valence-corrected chi connectivity index (χ1v) is 25.8. The molecule has 0 aliphatic carbocycles. The second-order valence-corrected chi connectivity index (χ2v) is 21.0. The van der Waals surface area contributed by atoms with Gasteiger partial charge in [0.1, 0.15) is 48.3 Å². The predicted octanol–water partition coefficient (Wildman–Crippen LogP) is 7.45. The first kappa shape index (κ1) is 51.7. The number of rotatable bonds is 18. The summed E-state index contributed by atoms with van der Waals surface area (Å²) in [4.78, 5) is 3.12. The molecule has 0 saturated carbocycles. The lowest BCUT2D eigenvalue weighted by atomic mass is 9.75. The number of ether oxygens (including phenoxy) is 14. The summed E-state index contributed by atoms with van der Waals surface area (Å²) in [6.45, 7) is 11.1. The Labute approximate surface area is 431 Å². The first-order valence-electron chi connectivity index (χ1n) is 25.8. The molecule has 11 rings (SSSR count). The molecule has 0 spiro atoms. The maximum absolute atomic E-state index is 12.6. The van der Waals surface area contributed by atoms with Gasteiger partial charge < -0.3 is 71.4 Å². The lowest BCUT2D eigenvalue weighted by Crippen LogP contribution is -2.80. The summed E-state index contributed by atoms with van der Waals surface area (Å²) in [7, 11) is 0. The third kappa shape index (κ3) is 10.4. The van der Waals surface area contributed by atoms with E-state index < -0.39 is 115 Å². The molecule has 0 aromatic heterocycles. The molecular weight excluding hydrogens is 955 g/mol. The van der Waals surface area contributed by atoms with Gasteiger partial charge in [0, 0.05) is 16.4 Å². The van der Waals surface area contributed by atoms with Crippen molar-refractivity contribution in [2.24, 2.45) is 17.0 Å². The molecule has 0 bridgehead atoms. The zero-order valence-corrected chi connectivity index (χ0v) is 42.3. The predicted molar refractivity (Wildman–Crippen MR) is 262 cm³/mol. The normalized spacial score (nSPS) is 40.1. The summed E-state index contributed by atoms with van der Waals surface area (Å²) in [5, 5.41) is 16.7. The van der Waals surface area contributed by atoms with E-state index >= 15 is 0 Å². The Morgan fingerprint density at radius 1 is 0.635 bits per heavy atom. The molecule has 7 aliphatic heterocycles. The minimum absolute atomic E-state index is 0.119. The molecule has 7 saturated heterocycles. The van der Waals surface area contributed by atoms with Crippen molar-refractivity contribution in [2.75, 3.05) is 26.4 Å². The molecule has 1 N–H and O–H groups in total. The Bertz CT molecular complexity index is 2510. The maximum Gasteiger partial charge on any atom is 0.225 e. The van der Waals surface area contributed by atoms with Gasteiger partial charge in [-0.25, -0.2) is 0 Å². The SMILES string of the molecule is CC1C(O[C@H]2OCC3(COCc4ccccc4)O[C@@H](c4ccccc4)O[C@@H]23)[C@@H](OCc2ccccc2)CO[C@H]1O[C@H]1C(C)O[C@@H]([C@]2(O)OC3C(C)[C@@H](N=[N+]=[N-])C(COCc4ccccc4)OC32)C2OC(C)(C)OC21. The second-order valence-electron chi connectivity index (χ2n) is 21.0. The molecule has 74 heavy (non-hydrogen) atoms. The highest BCUT2D eigenvalue weighted by molar-refractivity contribution is 5.20. The van der Waals surface area contributed by atoms with E-state index in [-0.39, 0.29) is 32.3 Å². The fourth-order valence-corrected chi connectivity index (χ4v) is 11.6. The lowest BCUT2D eigenvalue weighted by molar-refractivity contribution is -0.465. The highest BCUT2D eigenvalue weighted by Crippen LogP contribution is 2.52.